The van der Waals surface area contributed by atoms with Gasteiger partial charge in [-0.15, -0.1) is 0 Å². The summed E-state index contributed by atoms with van der Waals surface area (Å²) in [6.45, 7) is 4.69. The molecular weight excluding hydrogens is 224 g/mol. The number of ether oxygens (including phenoxy) is 1. The van der Waals surface area contributed by atoms with E-state index in [1.54, 1.807) is 0 Å². The third kappa shape index (κ3) is 2.49. The van der Waals surface area contributed by atoms with Crippen LogP contribution in [-0.2, 0) is 11.2 Å². The molecule has 18 heavy (non-hydrogen) atoms. The zero-order valence-corrected chi connectivity index (χ0v) is 11.4. The molecule has 0 heterocycles. The van der Waals surface area contributed by atoms with Crippen molar-refractivity contribution in [2.24, 2.45) is 0 Å². The van der Waals surface area contributed by atoms with Crippen LogP contribution in [-0.4, -0.2) is 18.0 Å². The average Bonchev–Trinajstić information content (AvgIpc) is 2.88. The monoisotopic (exact) mass is 246 g/mol. The van der Waals surface area contributed by atoms with Gasteiger partial charge < -0.3 is 4.74 Å². The van der Waals surface area contributed by atoms with Gasteiger partial charge in [0.1, 0.15) is 5.60 Å². The van der Waals surface area contributed by atoms with Gasteiger partial charge in [-0.3, -0.25) is 4.79 Å². The molecule has 98 valence electrons. The number of rotatable bonds is 5. The van der Waals surface area contributed by atoms with Crippen molar-refractivity contribution in [2.45, 2.75) is 51.6 Å². The van der Waals surface area contributed by atoms with Crippen molar-refractivity contribution in [1.82, 2.24) is 0 Å². The Labute approximate surface area is 109 Å². The number of benzene rings is 1. The van der Waals surface area contributed by atoms with Crippen molar-refractivity contribution < 1.29 is 9.53 Å². The van der Waals surface area contributed by atoms with Gasteiger partial charge in [-0.2, -0.15) is 0 Å². The lowest BCUT2D eigenvalue weighted by Crippen LogP contribution is -2.39. The minimum Gasteiger partial charge on any atom is -0.367 e. The number of Topliss-reactive ketones (excluding diaryl/α,β-unsaturated/α-hetero) is 1. The van der Waals surface area contributed by atoms with Gasteiger partial charge in [0.2, 0.25) is 0 Å². The number of aryl methyl sites for hydroxylation is 1. The highest BCUT2D eigenvalue weighted by Gasteiger charge is 2.42. The molecular formula is C16H22O2. The Hall–Kier alpha value is -1.15. The summed E-state index contributed by atoms with van der Waals surface area (Å²) in [7, 11) is 0. The predicted molar refractivity (Wildman–Crippen MR) is 73.0 cm³/mol. The summed E-state index contributed by atoms with van der Waals surface area (Å²) in [6.07, 6.45) is 4.90. The molecule has 0 N–H and O–H groups in total. The lowest BCUT2D eigenvalue weighted by molar-refractivity contribution is -0.0163. The number of hydrogen-bond donors (Lipinski definition) is 0. The van der Waals surface area contributed by atoms with Crippen LogP contribution >= 0.6 is 0 Å². The molecule has 2 nitrogen and oxygen atoms in total. The van der Waals surface area contributed by atoms with Gasteiger partial charge in [0.25, 0.3) is 0 Å². The summed E-state index contributed by atoms with van der Waals surface area (Å²) in [6, 6.07) is 7.97. The van der Waals surface area contributed by atoms with Crippen molar-refractivity contribution in [3.63, 3.8) is 0 Å². The average molecular weight is 246 g/mol. The van der Waals surface area contributed by atoms with Crippen molar-refractivity contribution in [2.75, 3.05) is 6.61 Å². The van der Waals surface area contributed by atoms with E-state index in [-0.39, 0.29) is 5.78 Å². The van der Waals surface area contributed by atoms with Crippen LogP contribution < -0.4 is 0 Å². The van der Waals surface area contributed by atoms with Crippen LogP contribution in [0.4, 0.5) is 0 Å². The molecule has 1 aromatic rings. The summed E-state index contributed by atoms with van der Waals surface area (Å²) < 4.78 is 5.83. The fourth-order valence-electron chi connectivity index (χ4n) is 2.85. The summed E-state index contributed by atoms with van der Waals surface area (Å²) >= 11 is 0. The normalized spacial score (nSPS) is 17.9. The van der Waals surface area contributed by atoms with Crippen LogP contribution in [0.2, 0.25) is 0 Å². The Morgan fingerprint density at radius 2 is 2.00 bits per heavy atom. The van der Waals surface area contributed by atoms with E-state index in [0.717, 1.165) is 37.7 Å². The van der Waals surface area contributed by atoms with Crippen molar-refractivity contribution >= 4 is 5.78 Å². The molecule has 1 saturated carbocycles. The highest BCUT2D eigenvalue weighted by atomic mass is 16.5. The first kappa shape index (κ1) is 13.3. The molecule has 1 fully saturated rings. The molecule has 0 radical (unpaired) electrons. The Bertz CT molecular complexity index is 417. The fourth-order valence-corrected chi connectivity index (χ4v) is 2.85. The van der Waals surface area contributed by atoms with E-state index in [1.165, 1.54) is 5.56 Å². The standard InChI is InChI=1S/C16H22O2/c1-3-13-8-7-9-14(12-13)15(17)16(18-4-2)10-5-6-11-16/h7-9,12H,3-6,10-11H2,1-2H3. The maximum atomic E-state index is 12.7. The first-order chi connectivity index (χ1) is 8.72. The van der Waals surface area contributed by atoms with Crippen molar-refractivity contribution in [1.29, 1.82) is 0 Å². The van der Waals surface area contributed by atoms with E-state index in [0.29, 0.717) is 6.61 Å². The molecule has 2 heteroatoms. The van der Waals surface area contributed by atoms with Crippen LogP contribution in [0.25, 0.3) is 0 Å². The molecule has 0 atom stereocenters. The van der Waals surface area contributed by atoms with Gasteiger partial charge in [-0.05, 0) is 50.7 Å². The van der Waals surface area contributed by atoms with Gasteiger partial charge >= 0.3 is 0 Å². The van der Waals surface area contributed by atoms with E-state index in [4.69, 9.17) is 4.74 Å². The highest BCUT2D eigenvalue weighted by Crippen LogP contribution is 2.36. The first-order valence-electron chi connectivity index (χ1n) is 6.99. The van der Waals surface area contributed by atoms with Gasteiger partial charge in [-0.25, -0.2) is 0 Å². The minimum atomic E-state index is -0.541. The predicted octanol–water partition coefficient (Wildman–Crippen LogP) is 3.78. The number of carbonyl (C=O) groups excluding carboxylic acids is 1. The number of ketones is 1. The summed E-state index contributed by atoms with van der Waals surface area (Å²) in [5.41, 5.74) is 1.48. The molecule has 0 saturated heterocycles. The van der Waals surface area contributed by atoms with Crippen molar-refractivity contribution in [3.05, 3.63) is 35.4 Å². The van der Waals surface area contributed by atoms with Crippen LogP contribution in [0.3, 0.4) is 0 Å². The molecule has 1 aliphatic carbocycles. The Balaban J connectivity index is 2.27. The Morgan fingerprint density at radius 3 is 2.61 bits per heavy atom. The molecule has 1 aromatic carbocycles. The van der Waals surface area contributed by atoms with Gasteiger partial charge in [0.05, 0.1) is 0 Å². The summed E-state index contributed by atoms with van der Waals surface area (Å²) in [5, 5.41) is 0. The van der Waals surface area contributed by atoms with E-state index < -0.39 is 5.60 Å². The van der Waals surface area contributed by atoms with E-state index in [1.807, 2.05) is 25.1 Å². The molecule has 0 aliphatic heterocycles. The smallest absolute Gasteiger partial charge is 0.194 e. The van der Waals surface area contributed by atoms with E-state index in [9.17, 15) is 4.79 Å². The van der Waals surface area contributed by atoms with Gasteiger partial charge in [0.15, 0.2) is 5.78 Å². The molecule has 0 unspecified atom stereocenters. The molecule has 0 spiro atoms. The molecule has 1 aliphatic rings. The molecule has 0 bridgehead atoms. The SMILES string of the molecule is CCOC1(C(=O)c2cccc(CC)c2)CCCC1. The largest absolute Gasteiger partial charge is 0.367 e. The van der Waals surface area contributed by atoms with Crippen LogP contribution in [0.15, 0.2) is 24.3 Å². The fraction of sp³-hybridized carbons (Fsp3) is 0.562. The second-order valence-corrected chi connectivity index (χ2v) is 5.02. The van der Waals surface area contributed by atoms with Gasteiger partial charge in [0, 0.05) is 12.2 Å². The van der Waals surface area contributed by atoms with Gasteiger partial charge in [-0.1, -0.05) is 25.1 Å². The molecule has 0 aromatic heterocycles. The lowest BCUT2D eigenvalue weighted by atomic mass is 9.90. The quantitative estimate of drug-likeness (QED) is 0.739. The topological polar surface area (TPSA) is 26.3 Å². The van der Waals surface area contributed by atoms with Crippen LogP contribution in [0.5, 0.6) is 0 Å². The third-order valence-electron chi connectivity index (χ3n) is 3.84. The van der Waals surface area contributed by atoms with E-state index >= 15 is 0 Å². The Kier molecular flexibility index (Phi) is 4.18. The molecule has 2 rings (SSSR count). The maximum absolute atomic E-state index is 12.7. The van der Waals surface area contributed by atoms with Crippen LogP contribution in [0, 0.1) is 0 Å². The first-order valence-corrected chi connectivity index (χ1v) is 6.99. The molecule has 0 amide bonds. The van der Waals surface area contributed by atoms with Crippen LogP contribution in [0.1, 0.15) is 55.5 Å². The lowest BCUT2D eigenvalue weighted by Gasteiger charge is -2.27. The second kappa shape index (κ2) is 5.66. The maximum Gasteiger partial charge on any atom is 0.194 e. The third-order valence-corrected chi connectivity index (χ3v) is 3.84. The zero-order chi connectivity index (χ0) is 13.0. The van der Waals surface area contributed by atoms with Crippen molar-refractivity contribution in [3.8, 4) is 0 Å². The number of hydrogen-bond acceptors (Lipinski definition) is 2. The second-order valence-electron chi connectivity index (χ2n) is 5.02. The van der Waals surface area contributed by atoms with E-state index in [2.05, 4.69) is 13.0 Å². The minimum absolute atomic E-state index is 0.178. The summed E-state index contributed by atoms with van der Waals surface area (Å²) in [4.78, 5) is 12.7. The highest BCUT2D eigenvalue weighted by molar-refractivity contribution is 6.02. The number of carbonyl (C=O) groups is 1. The summed E-state index contributed by atoms with van der Waals surface area (Å²) in [5.74, 6) is 0.178. The zero-order valence-electron chi connectivity index (χ0n) is 11.4. The Morgan fingerprint density at radius 1 is 1.28 bits per heavy atom.